The number of carbonyl (C=O) groups is 2. The van der Waals surface area contributed by atoms with E-state index in [1.54, 1.807) is 26.0 Å². The molecule has 0 bridgehead atoms. The van der Waals surface area contributed by atoms with Gasteiger partial charge in [0.2, 0.25) is 5.91 Å². The van der Waals surface area contributed by atoms with E-state index in [1.807, 2.05) is 13.8 Å². The maximum absolute atomic E-state index is 12.0. The first-order chi connectivity index (χ1) is 11.0. The van der Waals surface area contributed by atoms with E-state index in [9.17, 15) is 18.0 Å². The van der Waals surface area contributed by atoms with Gasteiger partial charge in [0.05, 0.1) is 16.6 Å². The number of rotatable bonds is 8. The van der Waals surface area contributed by atoms with E-state index >= 15 is 0 Å². The number of hydrogen-bond donors (Lipinski definition) is 2. The Hall–Kier alpha value is -1.89. The van der Waals surface area contributed by atoms with Crippen LogP contribution in [-0.4, -0.2) is 36.7 Å². The molecule has 7 heteroatoms. The number of amides is 1. The summed E-state index contributed by atoms with van der Waals surface area (Å²) in [6, 6.07) is 5.18. The van der Waals surface area contributed by atoms with Gasteiger partial charge in [-0.3, -0.25) is 4.79 Å². The molecule has 0 aliphatic rings. The Labute approximate surface area is 143 Å². The second kappa shape index (κ2) is 8.28. The van der Waals surface area contributed by atoms with Crippen LogP contribution in [0.4, 0.5) is 0 Å². The van der Waals surface area contributed by atoms with E-state index in [0.29, 0.717) is 12.0 Å². The summed E-state index contributed by atoms with van der Waals surface area (Å²) in [5.41, 5.74) is 0.629. The minimum Gasteiger partial charge on any atom is -0.480 e. The van der Waals surface area contributed by atoms with Gasteiger partial charge in [-0.05, 0) is 43.9 Å². The number of benzene rings is 1. The first kappa shape index (κ1) is 20.2. The van der Waals surface area contributed by atoms with E-state index in [-0.39, 0.29) is 17.2 Å². The SMILES string of the molecule is CC(C)C[C@H](NC(=O)Cc1ccc(S(=O)(=O)C(C)C)cc1)C(=O)O. The van der Waals surface area contributed by atoms with E-state index < -0.39 is 33.0 Å². The highest BCUT2D eigenvalue weighted by Gasteiger charge is 2.22. The van der Waals surface area contributed by atoms with Crippen molar-refractivity contribution in [2.75, 3.05) is 0 Å². The van der Waals surface area contributed by atoms with Gasteiger partial charge in [0.25, 0.3) is 0 Å². The predicted molar refractivity (Wildman–Crippen MR) is 91.5 cm³/mol. The third-order valence-corrected chi connectivity index (χ3v) is 5.75. The lowest BCUT2D eigenvalue weighted by Gasteiger charge is -2.16. The Balaban J connectivity index is 2.76. The fourth-order valence-electron chi connectivity index (χ4n) is 2.19. The van der Waals surface area contributed by atoms with Gasteiger partial charge in [0, 0.05) is 0 Å². The zero-order chi connectivity index (χ0) is 18.5. The zero-order valence-corrected chi connectivity index (χ0v) is 15.3. The van der Waals surface area contributed by atoms with Gasteiger partial charge in [0.15, 0.2) is 9.84 Å². The van der Waals surface area contributed by atoms with Crippen LogP contribution < -0.4 is 5.32 Å². The van der Waals surface area contributed by atoms with Gasteiger partial charge in [-0.25, -0.2) is 13.2 Å². The largest absolute Gasteiger partial charge is 0.480 e. The van der Waals surface area contributed by atoms with Crippen LogP contribution in [0.1, 0.15) is 39.7 Å². The average Bonchev–Trinajstić information content (AvgIpc) is 2.46. The molecule has 134 valence electrons. The molecule has 0 aromatic heterocycles. The number of aliphatic carboxylic acids is 1. The summed E-state index contributed by atoms with van der Waals surface area (Å²) in [7, 11) is -3.34. The second-order valence-electron chi connectivity index (χ2n) is 6.50. The Morgan fingerprint density at radius 1 is 1.08 bits per heavy atom. The smallest absolute Gasteiger partial charge is 0.326 e. The molecule has 0 radical (unpaired) electrons. The van der Waals surface area contributed by atoms with E-state index in [1.165, 1.54) is 12.1 Å². The standard InChI is InChI=1S/C17H25NO5S/c1-11(2)9-15(17(20)21)18-16(19)10-13-5-7-14(8-6-13)24(22,23)12(3)4/h5-8,11-12,15H,9-10H2,1-4H3,(H,18,19)(H,20,21)/t15-/m0/s1. The van der Waals surface area contributed by atoms with Crippen LogP contribution in [-0.2, 0) is 25.8 Å². The van der Waals surface area contributed by atoms with Crippen LogP contribution in [0.3, 0.4) is 0 Å². The molecule has 1 aromatic rings. The van der Waals surface area contributed by atoms with Crippen molar-refractivity contribution in [2.24, 2.45) is 5.92 Å². The van der Waals surface area contributed by atoms with Crippen molar-refractivity contribution < 1.29 is 23.1 Å². The number of sulfone groups is 1. The normalized spacial score (nSPS) is 13.1. The lowest BCUT2D eigenvalue weighted by atomic mass is 10.0. The molecule has 0 saturated carbocycles. The Morgan fingerprint density at radius 2 is 1.62 bits per heavy atom. The molecule has 24 heavy (non-hydrogen) atoms. The van der Waals surface area contributed by atoms with Gasteiger partial charge in [-0.1, -0.05) is 26.0 Å². The quantitative estimate of drug-likeness (QED) is 0.743. The fraction of sp³-hybridized carbons (Fsp3) is 0.529. The summed E-state index contributed by atoms with van der Waals surface area (Å²) < 4.78 is 24.1. The van der Waals surface area contributed by atoms with Gasteiger partial charge >= 0.3 is 5.97 Å². The molecule has 1 rings (SSSR count). The van der Waals surface area contributed by atoms with Crippen molar-refractivity contribution in [2.45, 2.75) is 56.7 Å². The molecule has 1 aromatic carbocycles. The Morgan fingerprint density at radius 3 is 2.04 bits per heavy atom. The van der Waals surface area contributed by atoms with Gasteiger partial charge in [0.1, 0.15) is 6.04 Å². The molecule has 1 atom stereocenters. The lowest BCUT2D eigenvalue weighted by Crippen LogP contribution is -2.42. The Bertz CT molecular complexity index is 677. The van der Waals surface area contributed by atoms with Gasteiger partial charge < -0.3 is 10.4 Å². The summed E-state index contributed by atoms with van der Waals surface area (Å²) in [6.07, 6.45) is 0.358. The molecule has 0 unspecified atom stereocenters. The van der Waals surface area contributed by atoms with Crippen molar-refractivity contribution in [3.8, 4) is 0 Å². The minimum atomic E-state index is -3.34. The summed E-state index contributed by atoms with van der Waals surface area (Å²) >= 11 is 0. The van der Waals surface area contributed by atoms with Crippen molar-refractivity contribution in [3.63, 3.8) is 0 Å². The number of carboxylic acid groups (broad SMARTS) is 1. The fourth-order valence-corrected chi connectivity index (χ4v) is 3.25. The molecule has 0 saturated heterocycles. The molecule has 6 nitrogen and oxygen atoms in total. The van der Waals surface area contributed by atoms with Crippen LogP contribution >= 0.6 is 0 Å². The van der Waals surface area contributed by atoms with Crippen LogP contribution in [0.15, 0.2) is 29.2 Å². The first-order valence-corrected chi connectivity index (χ1v) is 9.43. The topological polar surface area (TPSA) is 101 Å². The highest BCUT2D eigenvalue weighted by molar-refractivity contribution is 7.92. The summed E-state index contributed by atoms with van der Waals surface area (Å²) in [5, 5.41) is 11.1. The molecule has 2 N–H and O–H groups in total. The third kappa shape index (κ3) is 5.63. The maximum atomic E-state index is 12.0. The molecular formula is C17H25NO5S. The van der Waals surface area contributed by atoms with Crippen molar-refractivity contribution in [1.82, 2.24) is 5.32 Å². The summed E-state index contributed by atoms with van der Waals surface area (Å²) in [6.45, 7) is 6.99. The summed E-state index contributed by atoms with van der Waals surface area (Å²) in [5.74, 6) is -1.31. The molecule has 0 spiro atoms. The summed E-state index contributed by atoms with van der Waals surface area (Å²) in [4.78, 5) is 23.4. The van der Waals surface area contributed by atoms with E-state index in [2.05, 4.69) is 5.32 Å². The highest BCUT2D eigenvalue weighted by Crippen LogP contribution is 2.16. The molecular weight excluding hydrogens is 330 g/mol. The number of nitrogens with one attached hydrogen (secondary N) is 1. The van der Waals surface area contributed by atoms with Crippen LogP contribution in [0.5, 0.6) is 0 Å². The minimum absolute atomic E-state index is 0.00385. The van der Waals surface area contributed by atoms with Gasteiger partial charge in [-0.2, -0.15) is 0 Å². The second-order valence-corrected chi connectivity index (χ2v) is 9.01. The highest BCUT2D eigenvalue weighted by atomic mass is 32.2. The lowest BCUT2D eigenvalue weighted by molar-refractivity contribution is -0.142. The van der Waals surface area contributed by atoms with Crippen molar-refractivity contribution >= 4 is 21.7 Å². The predicted octanol–water partition coefficient (Wildman–Crippen LogP) is 2.03. The number of carboxylic acids is 1. The zero-order valence-electron chi connectivity index (χ0n) is 14.4. The first-order valence-electron chi connectivity index (χ1n) is 7.89. The van der Waals surface area contributed by atoms with E-state index in [4.69, 9.17) is 5.11 Å². The monoisotopic (exact) mass is 355 g/mol. The van der Waals surface area contributed by atoms with Crippen LogP contribution in [0, 0.1) is 5.92 Å². The maximum Gasteiger partial charge on any atom is 0.326 e. The van der Waals surface area contributed by atoms with Crippen LogP contribution in [0.25, 0.3) is 0 Å². The molecule has 1 amide bonds. The average molecular weight is 355 g/mol. The van der Waals surface area contributed by atoms with Crippen LogP contribution in [0.2, 0.25) is 0 Å². The molecule has 0 heterocycles. The molecule has 0 aliphatic carbocycles. The number of hydrogen-bond acceptors (Lipinski definition) is 4. The third-order valence-electron chi connectivity index (χ3n) is 3.58. The van der Waals surface area contributed by atoms with Crippen molar-refractivity contribution in [3.05, 3.63) is 29.8 Å². The van der Waals surface area contributed by atoms with E-state index in [0.717, 1.165) is 0 Å². The van der Waals surface area contributed by atoms with Gasteiger partial charge in [-0.15, -0.1) is 0 Å². The van der Waals surface area contributed by atoms with Crippen molar-refractivity contribution in [1.29, 1.82) is 0 Å². The Kier molecular flexibility index (Phi) is 6.95. The molecule has 0 aliphatic heterocycles. The molecule has 0 fully saturated rings. The number of carbonyl (C=O) groups excluding carboxylic acids is 1.